The molecule has 2 atom stereocenters. The standard InChI is InChI=1S/C22H20N2O/c1-15-18(12-13-20(23-15)17-10-6-3-7-11-17)22(25)24-21-14-19(21)16-8-4-2-5-9-16/h2-13,19,21H,14H2,1H3,(H,24,25)/t19-,21-/m0/s1. The Balaban J connectivity index is 1.46. The maximum absolute atomic E-state index is 12.6. The number of nitrogens with zero attached hydrogens (tertiary/aromatic N) is 1. The third-order valence-electron chi connectivity index (χ3n) is 4.73. The lowest BCUT2D eigenvalue weighted by molar-refractivity contribution is 0.0949. The van der Waals surface area contributed by atoms with Gasteiger partial charge in [-0.15, -0.1) is 0 Å². The van der Waals surface area contributed by atoms with E-state index in [4.69, 9.17) is 0 Å². The number of carbonyl (C=O) groups is 1. The van der Waals surface area contributed by atoms with Crippen LogP contribution in [0.4, 0.5) is 0 Å². The van der Waals surface area contributed by atoms with Crippen LogP contribution < -0.4 is 5.32 Å². The molecule has 3 nitrogen and oxygen atoms in total. The first-order valence-corrected chi connectivity index (χ1v) is 8.61. The number of aromatic nitrogens is 1. The highest BCUT2D eigenvalue weighted by Crippen LogP contribution is 2.40. The molecule has 0 saturated heterocycles. The molecule has 25 heavy (non-hydrogen) atoms. The maximum Gasteiger partial charge on any atom is 0.253 e. The Morgan fingerprint density at radius 3 is 2.32 bits per heavy atom. The van der Waals surface area contributed by atoms with Crippen LogP contribution in [0.5, 0.6) is 0 Å². The summed E-state index contributed by atoms with van der Waals surface area (Å²) in [7, 11) is 0. The average Bonchev–Trinajstić information content (AvgIpc) is 3.42. The zero-order chi connectivity index (χ0) is 17.2. The Morgan fingerprint density at radius 1 is 0.960 bits per heavy atom. The molecule has 0 radical (unpaired) electrons. The van der Waals surface area contributed by atoms with Gasteiger partial charge in [0.2, 0.25) is 0 Å². The minimum atomic E-state index is -0.0342. The van der Waals surface area contributed by atoms with Gasteiger partial charge in [0.05, 0.1) is 17.0 Å². The van der Waals surface area contributed by atoms with Crippen molar-refractivity contribution in [1.82, 2.24) is 10.3 Å². The van der Waals surface area contributed by atoms with E-state index < -0.39 is 0 Å². The lowest BCUT2D eigenvalue weighted by atomic mass is 10.1. The van der Waals surface area contributed by atoms with Crippen molar-refractivity contribution in [2.75, 3.05) is 0 Å². The highest BCUT2D eigenvalue weighted by molar-refractivity contribution is 5.96. The fourth-order valence-electron chi connectivity index (χ4n) is 3.24. The fourth-order valence-corrected chi connectivity index (χ4v) is 3.24. The number of hydrogen-bond acceptors (Lipinski definition) is 2. The molecule has 1 aliphatic carbocycles. The molecular formula is C22H20N2O. The smallest absolute Gasteiger partial charge is 0.253 e. The number of benzene rings is 2. The molecule has 1 aliphatic rings. The second kappa shape index (κ2) is 6.52. The maximum atomic E-state index is 12.6. The van der Waals surface area contributed by atoms with Gasteiger partial charge < -0.3 is 5.32 Å². The second-order valence-corrected chi connectivity index (χ2v) is 6.53. The first-order chi connectivity index (χ1) is 12.2. The molecule has 0 unspecified atom stereocenters. The first kappa shape index (κ1) is 15.6. The van der Waals surface area contributed by atoms with Gasteiger partial charge in [0.25, 0.3) is 5.91 Å². The Labute approximate surface area is 147 Å². The van der Waals surface area contributed by atoms with Gasteiger partial charge in [0.1, 0.15) is 0 Å². The number of nitrogens with one attached hydrogen (secondary N) is 1. The summed E-state index contributed by atoms with van der Waals surface area (Å²) < 4.78 is 0. The van der Waals surface area contributed by atoms with Gasteiger partial charge in [-0.1, -0.05) is 60.7 Å². The molecule has 1 amide bonds. The Hall–Kier alpha value is -2.94. The predicted octanol–water partition coefficient (Wildman–Crippen LogP) is 4.34. The van der Waals surface area contributed by atoms with Crippen molar-refractivity contribution in [1.29, 1.82) is 0 Å². The minimum absolute atomic E-state index is 0.0342. The molecule has 1 N–H and O–H groups in total. The summed E-state index contributed by atoms with van der Waals surface area (Å²) >= 11 is 0. The van der Waals surface area contributed by atoms with E-state index in [1.54, 1.807) is 0 Å². The summed E-state index contributed by atoms with van der Waals surface area (Å²) in [5, 5.41) is 3.14. The Kier molecular flexibility index (Phi) is 4.06. The lowest BCUT2D eigenvalue weighted by Gasteiger charge is -2.09. The second-order valence-electron chi connectivity index (χ2n) is 6.53. The highest BCUT2D eigenvalue weighted by Gasteiger charge is 2.39. The monoisotopic (exact) mass is 328 g/mol. The number of pyridine rings is 1. The minimum Gasteiger partial charge on any atom is -0.349 e. The van der Waals surface area contributed by atoms with Crippen molar-refractivity contribution in [3.63, 3.8) is 0 Å². The van der Waals surface area contributed by atoms with Crippen molar-refractivity contribution in [3.05, 3.63) is 89.6 Å². The highest BCUT2D eigenvalue weighted by atomic mass is 16.1. The van der Waals surface area contributed by atoms with Crippen LogP contribution in [0.15, 0.2) is 72.8 Å². The summed E-state index contributed by atoms with van der Waals surface area (Å²) in [6.07, 6.45) is 1.00. The van der Waals surface area contributed by atoms with E-state index in [0.29, 0.717) is 11.5 Å². The van der Waals surface area contributed by atoms with Crippen LogP contribution in [-0.4, -0.2) is 16.9 Å². The third-order valence-corrected chi connectivity index (χ3v) is 4.73. The largest absolute Gasteiger partial charge is 0.349 e. The van der Waals surface area contributed by atoms with Crippen LogP contribution in [0.1, 0.15) is 34.0 Å². The normalized spacial score (nSPS) is 18.6. The van der Waals surface area contributed by atoms with E-state index in [1.807, 2.05) is 67.6 Å². The zero-order valence-electron chi connectivity index (χ0n) is 14.1. The van der Waals surface area contributed by atoms with Gasteiger partial charge in [-0.3, -0.25) is 9.78 Å². The molecule has 0 bridgehead atoms. The van der Waals surface area contributed by atoms with Crippen LogP contribution in [-0.2, 0) is 0 Å². The molecule has 2 aromatic carbocycles. The lowest BCUT2D eigenvalue weighted by Crippen LogP contribution is -2.27. The summed E-state index contributed by atoms with van der Waals surface area (Å²) in [5.74, 6) is 0.398. The summed E-state index contributed by atoms with van der Waals surface area (Å²) in [4.78, 5) is 17.2. The van der Waals surface area contributed by atoms with Crippen molar-refractivity contribution < 1.29 is 4.79 Å². The van der Waals surface area contributed by atoms with Crippen molar-refractivity contribution in [3.8, 4) is 11.3 Å². The number of hydrogen-bond donors (Lipinski definition) is 1. The van der Waals surface area contributed by atoms with Crippen molar-refractivity contribution in [2.45, 2.75) is 25.3 Å². The SMILES string of the molecule is Cc1nc(-c2ccccc2)ccc1C(=O)N[C@H]1C[C@H]1c1ccccc1. The van der Waals surface area contributed by atoms with Gasteiger partial charge >= 0.3 is 0 Å². The molecular weight excluding hydrogens is 308 g/mol. The van der Waals surface area contributed by atoms with E-state index >= 15 is 0 Å². The molecule has 4 rings (SSSR count). The number of carbonyl (C=O) groups excluding carboxylic acids is 1. The number of aryl methyl sites for hydroxylation is 1. The van der Waals surface area contributed by atoms with Crippen LogP contribution in [0.2, 0.25) is 0 Å². The van der Waals surface area contributed by atoms with Gasteiger partial charge in [0, 0.05) is 17.5 Å². The van der Waals surface area contributed by atoms with Gasteiger partial charge in [0.15, 0.2) is 0 Å². The molecule has 1 fully saturated rings. The van der Waals surface area contributed by atoms with Crippen LogP contribution in [0, 0.1) is 6.92 Å². The van der Waals surface area contributed by atoms with Crippen LogP contribution in [0.3, 0.4) is 0 Å². The van der Waals surface area contributed by atoms with Crippen molar-refractivity contribution >= 4 is 5.91 Å². The van der Waals surface area contributed by atoms with E-state index in [0.717, 1.165) is 23.4 Å². The van der Waals surface area contributed by atoms with Crippen LogP contribution in [0.25, 0.3) is 11.3 Å². The average molecular weight is 328 g/mol. The summed E-state index contributed by atoms with van der Waals surface area (Å²) in [5.41, 5.74) is 4.66. The molecule has 1 aromatic heterocycles. The quantitative estimate of drug-likeness (QED) is 0.774. The predicted molar refractivity (Wildman–Crippen MR) is 99.5 cm³/mol. The van der Waals surface area contributed by atoms with Gasteiger partial charge in [-0.25, -0.2) is 0 Å². The number of rotatable bonds is 4. The van der Waals surface area contributed by atoms with Gasteiger partial charge in [-0.05, 0) is 31.0 Å². The summed E-state index contributed by atoms with van der Waals surface area (Å²) in [6, 6.07) is 24.4. The van der Waals surface area contributed by atoms with E-state index in [-0.39, 0.29) is 11.9 Å². The summed E-state index contributed by atoms with van der Waals surface area (Å²) in [6.45, 7) is 1.89. The zero-order valence-corrected chi connectivity index (χ0v) is 14.1. The fraction of sp³-hybridized carbons (Fsp3) is 0.182. The number of amides is 1. The molecule has 0 aliphatic heterocycles. The Morgan fingerprint density at radius 2 is 1.64 bits per heavy atom. The first-order valence-electron chi connectivity index (χ1n) is 8.61. The molecule has 124 valence electrons. The van der Waals surface area contributed by atoms with Crippen molar-refractivity contribution in [2.24, 2.45) is 0 Å². The Bertz CT molecular complexity index is 890. The van der Waals surface area contributed by atoms with E-state index in [1.165, 1.54) is 5.56 Å². The van der Waals surface area contributed by atoms with Gasteiger partial charge in [-0.2, -0.15) is 0 Å². The van der Waals surface area contributed by atoms with Crippen LogP contribution >= 0.6 is 0 Å². The molecule has 0 spiro atoms. The van der Waals surface area contributed by atoms with E-state index in [2.05, 4.69) is 22.4 Å². The van der Waals surface area contributed by atoms with E-state index in [9.17, 15) is 4.79 Å². The molecule has 3 heteroatoms. The molecule has 1 heterocycles. The third kappa shape index (κ3) is 3.31. The molecule has 3 aromatic rings. The molecule has 1 saturated carbocycles. The topological polar surface area (TPSA) is 42.0 Å².